The minimum atomic E-state index is -4.96. The van der Waals surface area contributed by atoms with Crippen molar-refractivity contribution in [3.8, 4) is 0 Å². The summed E-state index contributed by atoms with van der Waals surface area (Å²) in [6.45, 7) is -0.906. The van der Waals surface area contributed by atoms with E-state index in [-0.39, 0.29) is 5.56 Å². The Morgan fingerprint density at radius 1 is 1.19 bits per heavy atom. The smallest absolute Gasteiger partial charge is 0.418 e. The lowest BCUT2D eigenvalue weighted by Gasteiger charge is -2.17. The van der Waals surface area contributed by atoms with E-state index in [1.54, 1.807) is 6.07 Å². The number of benzene rings is 1. The molecule has 0 bridgehead atoms. The van der Waals surface area contributed by atoms with Crippen LogP contribution in [0.1, 0.15) is 10.4 Å². The summed E-state index contributed by atoms with van der Waals surface area (Å²) in [6, 6.07) is 7.50. The van der Waals surface area contributed by atoms with Crippen LogP contribution in [-0.4, -0.2) is 39.4 Å². The summed E-state index contributed by atoms with van der Waals surface area (Å²) < 4.78 is 72.2. The van der Waals surface area contributed by atoms with E-state index in [9.17, 15) is 26.4 Å². The molecule has 0 unspecified atom stereocenters. The first kappa shape index (κ1) is 15.7. The van der Waals surface area contributed by atoms with Gasteiger partial charge in [-0.2, -0.15) is 21.6 Å². The van der Waals surface area contributed by atoms with Gasteiger partial charge < -0.3 is 4.74 Å². The molecule has 1 aromatic rings. The Morgan fingerprint density at radius 2 is 1.81 bits per heavy atom. The minimum absolute atomic E-state index is 0.114. The van der Waals surface area contributed by atoms with E-state index in [1.807, 2.05) is 0 Å². The van der Waals surface area contributed by atoms with Crippen molar-refractivity contribution in [1.82, 2.24) is 0 Å². The van der Waals surface area contributed by atoms with Crippen molar-refractivity contribution in [2.45, 2.75) is 18.4 Å². The average Bonchev–Trinajstić information content (AvgIpc) is 2.72. The Balaban J connectivity index is 2.03. The Morgan fingerprint density at radius 3 is 2.38 bits per heavy atom. The molecule has 1 aromatic carbocycles. The molecule has 2 atom stereocenters. The van der Waals surface area contributed by atoms with E-state index in [1.165, 1.54) is 24.3 Å². The van der Waals surface area contributed by atoms with Gasteiger partial charge in [0, 0.05) is 0 Å². The zero-order valence-corrected chi connectivity index (χ0v) is 11.1. The number of alkyl halides is 3. The van der Waals surface area contributed by atoms with Crippen molar-refractivity contribution >= 4 is 16.4 Å². The second-order valence-corrected chi connectivity index (χ2v) is 5.27. The lowest BCUT2D eigenvalue weighted by molar-refractivity contribution is -0.204. The van der Waals surface area contributed by atoms with Crippen molar-refractivity contribution in [1.29, 1.82) is 0 Å². The van der Waals surface area contributed by atoms with Crippen LogP contribution in [0.3, 0.4) is 0 Å². The first-order valence-electron chi connectivity index (χ1n) is 5.59. The van der Waals surface area contributed by atoms with Gasteiger partial charge in [0.05, 0.1) is 5.56 Å². The lowest BCUT2D eigenvalue weighted by atomic mass is 10.2. The second kappa shape index (κ2) is 5.62. The minimum Gasteiger partial charge on any atom is -0.459 e. The molecule has 1 aliphatic rings. The number of hydrogen-bond donors (Lipinski definition) is 0. The van der Waals surface area contributed by atoms with E-state index < -0.39 is 41.4 Å². The number of ether oxygens (including phenoxy) is 1. The number of esters is 1. The van der Waals surface area contributed by atoms with Crippen molar-refractivity contribution < 1.29 is 39.5 Å². The third kappa shape index (κ3) is 3.93. The molecule has 2 rings (SSSR count). The number of carbonyl (C=O) groups excluding carboxylic acids is 1. The van der Waals surface area contributed by atoms with Crippen LogP contribution < -0.4 is 0 Å². The van der Waals surface area contributed by atoms with Gasteiger partial charge in [-0.15, -0.1) is 0 Å². The van der Waals surface area contributed by atoms with E-state index in [2.05, 4.69) is 13.1 Å². The molecule has 6 nitrogen and oxygen atoms in total. The number of carbonyl (C=O) groups is 1. The maximum atomic E-state index is 12.6. The summed E-state index contributed by atoms with van der Waals surface area (Å²) in [7, 11) is -4.75. The van der Waals surface area contributed by atoms with E-state index in [4.69, 9.17) is 0 Å². The highest BCUT2D eigenvalue weighted by atomic mass is 32.3. The fraction of sp³-hybridized carbons (Fsp3) is 0.364. The molecule has 0 amide bonds. The van der Waals surface area contributed by atoms with Crippen LogP contribution in [0.15, 0.2) is 30.3 Å². The third-order valence-corrected chi connectivity index (χ3v) is 3.44. The van der Waals surface area contributed by atoms with Gasteiger partial charge in [-0.25, -0.2) is 13.2 Å². The first-order chi connectivity index (χ1) is 9.69. The molecule has 10 heteroatoms. The lowest BCUT2D eigenvalue weighted by Crippen LogP contribution is -2.40. The molecule has 0 radical (unpaired) electrons. The van der Waals surface area contributed by atoms with Crippen molar-refractivity contribution in [3.63, 3.8) is 0 Å². The van der Waals surface area contributed by atoms with Gasteiger partial charge in [-0.3, -0.25) is 0 Å². The highest BCUT2D eigenvalue weighted by Gasteiger charge is 2.56. The Kier molecular flexibility index (Phi) is 4.21. The van der Waals surface area contributed by atoms with E-state index in [0.717, 1.165) is 0 Å². The maximum Gasteiger partial charge on any atom is 0.418 e. The van der Waals surface area contributed by atoms with Crippen LogP contribution >= 0.6 is 0 Å². The first-order valence-corrected chi connectivity index (χ1v) is 6.93. The summed E-state index contributed by atoms with van der Waals surface area (Å²) >= 11 is 0. The molecule has 0 saturated carbocycles. The molecule has 116 valence electrons. The highest BCUT2D eigenvalue weighted by Crippen LogP contribution is 2.34. The molecule has 1 heterocycles. The van der Waals surface area contributed by atoms with Crippen molar-refractivity contribution in [2.75, 3.05) is 6.61 Å². The van der Waals surface area contributed by atoms with Gasteiger partial charge in [0.25, 0.3) is 0 Å². The molecular formula is C11H9F3O6S. The number of hydrogen-bond acceptors (Lipinski definition) is 6. The SMILES string of the molecule is O=C(OC[C@H]1OS(=O)(=O)O[C@@H]1C(F)(F)F)c1ccccc1. The van der Waals surface area contributed by atoms with E-state index >= 15 is 0 Å². The molecule has 21 heavy (non-hydrogen) atoms. The van der Waals surface area contributed by atoms with Gasteiger partial charge in [0.2, 0.25) is 6.10 Å². The third-order valence-electron chi connectivity index (χ3n) is 2.51. The molecular weight excluding hydrogens is 317 g/mol. The van der Waals surface area contributed by atoms with Crippen LogP contribution in [0.25, 0.3) is 0 Å². The average molecular weight is 326 g/mol. The van der Waals surface area contributed by atoms with Crippen molar-refractivity contribution in [2.24, 2.45) is 0 Å². The molecule has 0 spiro atoms. The summed E-state index contributed by atoms with van der Waals surface area (Å²) in [4.78, 5) is 11.6. The molecule has 1 aliphatic heterocycles. The van der Waals surface area contributed by atoms with E-state index in [0.29, 0.717) is 0 Å². The zero-order chi connectivity index (χ0) is 15.7. The van der Waals surface area contributed by atoms with Crippen LogP contribution in [0.5, 0.6) is 0 Å². The molecule has 0 aliphatic carbocycles. The largest absolute Gasteiger partial charge is 0.459 e. The van der Waals surface area contributed by atoms with Gasteiger partial charge in [0.15, 0.2) is 0 Å². The van der Waals surface area contributed by atoms with Gasteiger partial charge in [-0.05, 0) is 12.1 Å². The quantitative estimate of drug-likeness (QED) is 0.782. The van der Waals surface area contributed by atoms with Crippen LogP contribution in [0.4, 0.5) is 13.2 Å². The second-order valence-electron chi connectivity index (χ2n) is 4.07. The molecule has 0 aromatic heterocycles. The van der Waals surface area contributed by atoms with Crippen LogP contribution in [0.2, 0.25) is 0 Å². The van der Waals surface area contributed by atoms with Crippen molar-refractivity contribution in [3.05, 3.63) is 35.9 Å². The predicted octanol–water partition coefficient (Wildman–Crippen LogP) is 1.43. The van der Waals surface area contributed by atoms with Crippen LogP contribution in [0, 0.1) is 0 Å². The molecule has 1 saturated heterocycles. The Labute approximate surface area is 117 Å². The molecule has 0 N–H and O–H groups in total. The topological polar surface area (TPSA) is 78.9 Å². The fourth-order valence-electron chi connectivity index (χ4n) is 1.61. The van der Waals surface area contributed by atoms with Gasteiger partial charge in [0.1, 0.15) is 12.7 Å². The standard InChI is InChI=1S/C11H9F3O6S/c12-11(13,14)9-8(19-21(16,17)20-9)6-18-10(15)7-4-2-1-3-5-7/h1-5,8-9H,6H2/t8-,9+/m1/s1. The van der Waals surface area contributed by atoms with Crippen LogP contribution in [-0.2, 0) is 23.5 Å². The summed E-state index contributed by atoms with van der Waals surface area (Å²) in [6.07, 6.45) is -9.64. The monoisotopic (exact) mass is 326 g/mol. The summed E-state index contributed by atoms with van der Waals surface area (Å²) in [5.74, 6) is -0.899. The number of halogens is 3. The van der Waals surface area contributed by atoms with Gasteiger partial charge in [-0.1, -0.05) is 18.2 Å². The maximum absolute atomic E-state index is 12.6. The number of rotatable bonds is 3. The normalized spacial score (nSPS) is 24.7. The Bertz CT molecular complexity index is 613. The zero-order valence-electron chi connectivity index (χ0n) is 10.2. The summed E-state index contributed by atoms with van der Waals surface area (Å²) in [5, 5.41) is 0. The van der Waals surface area contributed by atoms with Gasteiger partial charge >= 0.3 is 22.5 Å². The predicted molar refractivity (Wildman–Crippen MR) is 61.4 cm³/mol. The highest BCUT2D eigenvalue weighted by molar-refractivity contribution is 7.82. The fourth-order valence-corrected chi connectivity index (χ4v) is 2.60. The molecule has 1 fully saturated rings. The Hall–Kier alpha value is -1.65. The summed E-state index contributed by atoms with van der Waals surface area (Å²) in [5.41, 5.74) is 0.114.